The van der Waals surface area contributed by atoms with Gasteiger partial charge in [-0.2, -0.15) is 0 Å². The third kappa shape index (κ3) is 3.22. The van der Waals surface area contributed by atoms with Crippen molar-refractivity contribution in [2.45, 2.75) is 32.7 Å². The Hall–Kier alpha value is -1.10. The number of ether oxygens (including phenoxy) is 1. The van der Waals surface area contributed by atoms with Crippen molar-refractivity contribution >= 4 is 11.9 Å². The molecule has 1 saturated carbocycles. The Morgan fingerprint density at radius 3 is 2.44 bits per heavy atom. The molecule has 18 heavy (non-hydrogen) atoms. The molecule has 1 fully saturated rings. The zero-order valence-electron chi connectivity index (χ0n) is 11.5. The molecular formula is C13H23NO4. The van der Waals surface area contributed by atoms with Gasteiger partial charge in [-0.25, -0.2) is 0 Å². The Morgan fingerprint density at radius 2 is 1.94 bits per heavy atom. The summed E-state index contributed by atoms with van der Waals surface area (Å²) in [5, 5.41) is 9.18. The van der Waals surface area contributed by atoms with Crippen molar-refractivity contribution in [1.29, 1.82) is 0 Å². The number of aliphatic carboxylic acids is 1. The highest BCUT2D eigenvalue weighted by Crippen LogP contribution is 2.37. The predicted octanol–water partition coefficient (Wildman–Crippen LogP) is 1.23. The number of nitrogens with zero attached hydrogens (tertiary/aromatic N) is 1. The van der Waals surface area contributed by atoms with Gasteiger partial charge in [-0.15, -0.1) is 0 Å². The average molecular weight is 257 g/mol. The molecule has 0 aromatic carbocycles. The first-order chi connectivity index (χ1) is 8.38. The van der Waals surface area contributed by atoms with Gasteiger partial charge in [0.2, 0.25) is 5.91 Å². The Balaban J connectivity index is 2.73. The third-order valence-corrected chi connectivity index (χ3v) is 3.85. The Kier molecular flexibility index (Phi) is 5.14. The van der Waals surface area contributed by atoms with Crippen LogP contribution < -0.4 is 0 Å². The topological polar surface area (TPSA) is 66.8 Å². The largest absolute Gasteiger partial charge is 0.481 e. The molecule has 0 saturated heterocycles. The number of carboxylic acids is 1. The Morgan fingerprint density at radius 1 is 1.39 bits per heavy atom. The lowest BCUT2D eigenvalue weighted by Crippen LogP contribution is -2.43. The zero-order chi connectivity index (χ0) is 13.9. The van der Waals surface area contributed by atoms with Crippen LogP contribution in [-0.4, -0.2) is 48.7 Å². The van der Waals surface area contributed by atoms with Crippen LogP contribution in [-0.2, 0) is 14.3 Å². The summed E-state index contributed by atoms with van der Waals surface area (Å²) in [5.74, 6) is -1.56. The van der Waals surface area contributed by atoms with Gasteiger partial charge < -0.3 is 14.7 Å². The lowest BCUT2D eigenvalue weighted by molar-refractivity contribution is -0.149. The van der Waals surface area contributed by atoms with E-state index in [0.29, 0.717) is 25.4 Å². The molecule has 0 radical (unpaired) electrons. The zero-order valence-corrected chi connectivity index (χ0v) is 11.5. The fourth-order valence-corrected chi connectivity index (χ4v) is 2.67. The summed E-state index contributed by atoms with van der Waals surface area (Å²) in [5.41, 5.74) is 0. The maximum atomic E-state index is 12.3. The number of likely N-dealkylation sites (N-methyl/N-ethyl adjacent to an activating group) is 1. The number of hydrogen-bond donors (Lipinski definition) is 1. The molecule has 4 atom stereocenters. The van der Waals surface area contributed by atoms with Crippen LogP contribution in [0, 0.1) is 17.8 Å². The lowest BCUT2D eigenvalue weighted by Gasteiger charge is -2.28. The quantitative estimate of drug-likeness (QED) is 0.804. The van der Waals surface area contributed by atoms with Crippen LogP contribution in [0.5, 0.6) is 0 Å². The van der Waals surface area contributed by atoms with Gasteiger partial charge in [-0.05, 0) is 25.7 Å². The van der Waals surface area contributed by atoms with Crippen LogP contribution in [0.4, 0.5) is 0 Å². The highest BCUT2D eigenvalue weighted by atomic mass is 16.5. The van der Waals surface area contributed by atoms with E-state index in [1.54, 1.807) is 19.1 Å². The molecule has 0 heterocycles. The molecule has 1 N–H and O–H groups in total. The standard InChI is InChI=1S/C13H23NO4/c1-8-5-10(11(6-8)13(16)17)12(15)14(3)9(2)7-18-4/h8-11H,5-7H2,1-4H3,(H,16,17)/t8?,9?,10-,11+/m0/s1. The molecule has 1 aliphatic rings. The molecule has 5 nitrogen and oxygen atoms in total. The number of hydrogen-bond acceptors (Lipinski definition) is 3. The van der Waals surface area contributed by atoms with E-state index in [1.807, 2.05) is 13.8 Å². The summed E-state index contributed by atoms with van der Waals surface area (Å²) in [4.78, 5) is 25.1. The number of rotatable bonds is 5. The molecule has 5 heteroatoms. The summed E-state index contributed by atoms with van der Waals surface area (Å²) in [6.45, 7) is 4.36. The van der Waals surface area contributed by atoms with Crippen LogP contribution in [0.1, 0.15) is 26.7 Å². The van der Waals surface area contributed by atoms with E-state index in [0.717, 1.165) is 0 Å². The van der Waals surface area contributed by atoms with Gasteiger partial charge in [-0.3, -0.25) is 9.59 Å². The van der Waals surface area contributed by atoms with Crippen molar-refractivity contribution < 1.29 is 19.4 Å². The van der Waals surface area contributed by atoms with Crippen LogP contribution in [0.3, 0.4) is 0 Å². The van der Waals surface area contributed by atoms with Crippen molar-refractivity contribution in [2.24, 2.45) is 17.8 Å². The van der Waals surface area contributed by atoms with E-state index in [4.69, 9.17) is 4.74 Å². The van der Waals surface area contributed by atoms with Crippen molar-refractivity contribution in [3.63, 3.8) is 0 Å². The smallest absolute Gasteiger partial charge is 0.307 e. The van der Waals surface area contributed by atoms with Crippen molar-refractivity contribution in [3.05, 3.63) is 0 Å². The van der Waals surface area contributed by atoms with E-state index >= 15 is 0 Å². The van der Waals surface area contributed by atoms with Gasteiger partial charge in [-0.1, -0.05) is 6.92 Å². The fraction of sp³-hybridized carbons (Fsp3) is 0.846. The van der Waals surface area contributed by atoms with Crippen molar-refractivity contribution in [1.82, 2.24) is 4.90 Å². The SMILES string of the molecule is COCC(C)N(C)C(=O)[C@H]1CC(C)C[C@H]1C(=O)O. The molecular weight excluding hydrogens is 234 g/mol. The van der Waals surface area contributed by atoms with E-state index in [1.165, 1.54) is 0 Å². The minimum Gasteiger partial charge on any atom is -0.481 e. The van der Waals surface area contributed by atoms with Crippen LogP contribution in [0.15, 0.2) is 0 Å². The molecule has 1 aliphatic carbocycles. The summed E-state index contributed by atoms with van der Waals surface area (Å²) in [6, 6.07) is -0.0344. The van der Waals surface area contributed by atoms with Gasteiger partial charge in [0.05, 0.1) is 24.5 Å². The number of carboxylic acid groups (broad SMARTS) is 1. The molecule has 0 aromatic heterocycles. The molecule has 1 rings (SSSR count). The lowest BCUT2D eigenvalue weighted by atomic mass is 9.94. The Labute approximate surface area is 108 Å². The van der Waals surface area contributed by atoms with Gasteiger partial charge in [0.25, 0.3) is 0 Å². The first-order valence-corrected chi connectivity index (χ1v) is 6.36. The van der Waals surface area contributed by atoms with Crippen LogP contribution in [0.2, 0.25) is 0 Å². The summed E-state index contributed by atoms with van der Waals surface area (Å²) < 4.78 is 5.02. The maximum Gasteiger partial charge on any atom is 0.307 e. The number of carbonyl (C=O) groups excluding carboxylic acids is 1. The van der Waals surface area contributed by atoms with Gasteiger partial charge in [0.1, 0.15) is 0 Å². The second kappa shape index (κ2) is 6.18. The minimum absolute atomic E-state index is 0.0344. The van der Waals surface area contributed by atoms with Crippen molar-refractivity contribution in [2.75, 3.05) is 20.8 Å². The van der Waals surface area contributed by atoms with Crippen molar-refractivity contribution in [3.8, 4) is 0 Å². The van der Waals surface area contributed by atoms with E-state index in [-0.39, 0.29) is 17.9 Å². The molecule has 0 bridgehead atoms. The van der Waals surface area contributed by atoms with Gasteiger partial charge in [0.15, 0.2) is 0 Å². The fourth-order valence-electron chi connectivity index (χ4n) is 2.67. The Bertz CT molecular complexity index is 318. The second-order valence-electron chi connectivity index (χ2n) is 5.38. The second-order valence-corrected chi connectivity index (χ2v) is 5.38. The molecule has 104 valence electrons. The molecule has 0 aliphatic heterocycles. The third-order valence-electron chi connectivity index (χ3n) is 3.85. The highest BCUT2D eigenvalue weighted by Gasteiger charge is 2.42. The van der Waals surface area contributed by atoms with Gasteiger partial charge in [0, 0.05) is 14.2 Å². The number of carbonyl (C=O) groups is 2. The summed E-state index contributed by atoms with van der Waals surface area (Å²) in [7, 11) is 3.31. The first-order valence-electron chi connectivity index (χ1n) is 6.36. The number of amides is 1. The van der Waals surface area contributed by atoms with E-state index < -0.39 is 11.9 Å². The van der Waals surface area contributed by atoms with Gasteiger partial charge >= 0.3 is 5.97 Å². The molecule has 1 amide bonds. The van der Waals surface area contributed by atoms with E-state index in [9.17, 15) is 14.7 Å². The number of methoxy groups -OCH3 is 1. The minimum atomic E-state index is -0.856. The van der Waals surface area contributed by atoms with E-state index in [2.05, 4.69) is 0 Å². The summed E-state index contributed by atoms with van der Waals surface area (Å²) in [6.07, 6.45) is 1.26. The molecule has 0 aromatic rings. The predicted molar refractivity (Wildman–Crippen MR) is 67.1 cm³/mol. The maximum absolute atomic E-state index is 12.3. The monoisotopic (exact) mass is 257 g/mol. The average Bonchev–Trinajstić information content (AvgIpc) is 2.69. The molecule has 0 spiro atoms. The van der Waals surface area contributed by atoms with Crippen LogP contribution >= 0.6 is 0 Å². The highest BCUT2D eigenvalue weighted by molar-refractivity contribution is 5.85. The first kappa shape index (κ1) is 15.0. The molecule has 2 unspecified atom stereocenters. The van der Waals surface area contributed by atoms with Crippen LogP contribution in [0.25, 0.3) is 0 Å². The summed E-state index contributed by atoms with van der Waals surface area (Å²) >= 11 is 0. The normalized spacial score (nSPS) is 29.0.